The van der Waals surface area contributed by atoms with Gasteiger partial charge in [-0.1, -0.05) is 48.5 Å². The van der Waals surface area contributed by atoms with Gasteiger partial charge >= 0.3 is 12.1 Å². The van der Waals surface area contributed by atoms with Crippen LogP contribution in [0.2, 0.25) is 0 Å². The number of nitrogens with one attached hydrogen (secondary N) is 2. The summed E-state index contributed by atoms with van der Waals surface area (Å²) in [4.78, 5) is 39.7. The van der Waals surface area contributed by atoms with Crippen molar-refractivity contribution in [1.82, 2.24) is 15.6 Å². The first kappa shape index (κ1) is 22.1. The molecule has 2 amide bonds. The molecule has 0 aliphatic heterocycles. The zero-order valence-electron chi connectivity index (χ0n) is 18.2. The normalized spacial score (nSPS) is 18.0. The van der Waals surface area contributed by atoms with Gasteiger partial charge in [-0.05, 0) is 34.6 Å². The van der Waals surface area contributed by atoms with E-state index in [1.165, 1.54) is 22.5 Å². The van der Waals surface area contributed by atoms with Gasteiger partial charge in [-0.2, -0.15) is 0 Å². The molecule has 0 saturated heterocycles. The van der Waals surface area contributed by atoms with Gasteiger partial charge in [-0.25, -0.2) is 9.78 Å². The van der Waals surface area contributed by atoms with Gasteiger partial charge in [0.25, 0.3) is 5.91 Å². The summed E-state index contributed by atoms with van der Waals surface area (Å²) in [5.74, 6) is -1.57. The molecule has 1 aromatic heterocycles. The van der Waals surface area contributed by atoms with Gasteiger partial charge in [0.1, 0.15) is 17.3 Å². The third-order valence-corrected chi connectivity index (χ3v) is 7.13. The van der Waals surface area contributed by atoms with E-state index in [0.29, 0.717) is 18.0 Å². The molecule has 0 bridgehead atoms. The lowest BCUT2D eigenvalue weighted by atomic mass is 9.98. The number of hydrogen-bond acceptors (Lipinski definition) is 6. The van der Waals surface area contributed by atoms with Crippen molar-refractivity contribution < 1.29 is 24.2 Å². The van der Waals surface area contributed by atoms with Gasteiger partial charge in [-0.3, -0.25) is 9.59 Å². The van der Waals surface area contributed by atoms with Crippen molar-refractivity contribution in [2.45, 2.75) is 18.9 Å². The van der Waals surface area contributed by atoms with Crippen LogP contribution in [-0.2, 0) is 16.1 Å². The van der Waals surface area contributed by atoms with E-state index < -0.39 is 12.1 Å². The van der Waals surface area contributed by atoms with Crippen LogP contribution in [0.3, 0.4) is 0 Å². The van der Waals surface area contributed by atoms with Crippen LogP contribution in [0.1, 0.15) is 39.0 Å². The lowest BCUT2D eigenvalue weighted by Gasteiger charge is -2.14. The number of fused-ring (bicyclic) bond motifs is 3. The average molecular weight is 478 g/mol. The van der Waals surface area contributed by atoms with Gasteiger partial charge in [0, 0.05) is 17.8 Å². The molecule has 2 aliphatic rings. The summed E-state index contributed by atoms with van der Waals surface area (Å²) in [5.41, 5.74) is 4.88. The number of carbonyl (C=O) groups excluding carboxylic acids is 2. The number of carbonyl (C=O) groups is 3. The van der Waals surface area contributed by atoms with Crippen molar-refractivity contribution in [2.24, 2.45) is 11.8 Å². The number of rotatable bonds is 8. The minimum atomic E-state index is -0.825. The number of carboxylic acids is 1. The highest BCUT2D eigenvalue weighted by Crippen LogP contribution is 2.44. The maximum absolute atomic E-state index is 12.3. The fourth-order valence-electron chi connectivity index (χ4n) is 4.38. The molecular formula is C25H23N3O5S. The van der Waals surface area contributed by atoms with E-state index in [1.54, 1.807) is 5.38 Å². The number of carboxylic acid groups (broad SMARTS) is 1. The van der Waals surface area contributed by atoms with Crippen LogP contribution in [0, 0.1) is 11.8 Å². The van der Waals surface area contributed by atoms with E-state index in [4.69, 9.17) is 9.84 Å². The average Bonchev–Trinajstić information content (AvgIpc) is 3.36. The smallest absolute Gasteiger partial charge is 0.407 e. The van der Waals surface area contributed by atoms with Crippen molar-refractivity contribution in [3.8, 4) is 11.1 Å². The van der Waals surface area contributed by atoms with E-state index in [1.807, 2.05) is 24.3 Å². The lowest BCUT2D eigenvalue weighted by molar-refractivity contribution is -0.138. The van der Waals surface area contributed by atoms with E-state index in [2.05, 4.69) is 39.9 Å². The molecule has 3 aromatic rings. The topological polar surface area (TPSA) is 118 Å². The summed E-state index contributed by atoms with van der Waals surface area (Å²) < 4.78 is 5.52. The number of thiazole rings is 1. The number of ether oxygens (including phenoxy) is 1. The predicted octanol–water partition coefficient (Wildman–Crippen LogP) is 3.63. The second kappa shape index (κ2) is 9.26. The maximum atomic E-state index is 12.3. The van der Waals surface area contributed by atoms with Crippen LogP contribution in [-0.4, -0.2) is 41.2 Å². The number of amides is 2. The molecule has 174 valence electrons. The zero-order chi connectivity index (χ0) is 23.7. The Morgan fingerprint density at radius 1 is 1.03 bits per heavy atom. The van der Waals surface area contributed by atoms with Crippen LogP contribution in [0.15, 0.2) is 53.9 Å². The summed E-state index contributed by atoms with van der Waals surface area (Å²) in [6.07, 6.45) is 0.0404. The van der Waals surface area contributed by atoms with E-state index in [0.717, 1.165) is 11.1 Å². The first-order valence-electron chi connectivity index (χ1n) is 11.1. The maximum Gasteiger partial charge on any atom is 0.407 e. The fourth-order valence-corrected chi connectivity index (χ4v) is 5.10. The van der Waals surface area contributed by atoms with Crippen LogP contribution in [0.25, 0.3) is 11.1 Å². The molecule has 2 atom stereocenters. The number of nitrogens with zero attached hydrogens (tertiary/aromatic N) is 1. The highest BCUT2D eigenvalue weighted by atomic mass is 32.1. The van der Waals surface area contributed by atoms with E-state index >= 15 is 0 Å². The van der Waals surface area contributed by atoms with Gasteiger partial charge in [0.2, 0.25) is 0 Å². The second-order valence-electron chi connectivity index (χ2n) is 8.46. The SMILES string of the molecule is O=C(NCc1nc(C(=O)NC[C@H]2C[C@H]2C(=O)O)cs1)OCC1c2ccccc2-c2ccccc21. The molecule has 2 aromatic carbocycles. The summed E-state index contributed by atoms with van der Waals surface area (Å²) in [5, 5.41) is 16.5. The first-order chi connectivity index (χ1) is 16.5. The number of aromatic nitrogens is 1. The number of benzene rings is 2. The van der Waals surface area contributed by atoms with Crippen LogP contribution in [0.5, 0.6) is 0 Å². The molecule has 5 rings (SSSR count). The Morgan fingerprint density at radius 2 is 1.71 bits per heavy atom. The Morgan fingerprint density at radius 3 is 2.35 bits per heavy atom. The lowest BCUT2D eigenvalue weighted by Crippen LogP contribution is -2.27. The first-order valence-corrected chi connectivity index (χ1v) is 11.9. The highest BCUT2D eigenvalue weighted by molar-refractivity contribution is 7.09. The van der Waals surface area contributed by atoms with Gasteiger partial charge in [0.15, 0.2) is 0 Å². The van der Waals surface area contributed by atoms with Crippen LogP contribution >= 0.6 is 11.3 Å². The van der Waals surface area contributed by atoms with Crippen LogP contribution in [0.4, 0.5) is 4.79 Å². The number of aliphatic carboxylic acids is 1. The minimum absolute atomic E-state index is 0.0134. The van der Waals surface area contributed by atoms with Crippen molar-refractivity contribution in [1.29, 1.82) is 0 Å². The number of alkyl carbamates (subject to hydrolysis) is 1. The van der Waals surface area contributed by atoms with Gasteiger partial charge in [-0.15, -0.1) is 11.3 Å². The largest absolute Gasteiger partial charge is 0.481 e. The zero-order valence-corrected chi connectivity index (χ0v) is 19.0. The van der Waals surface area contributed by atoms with E-state index in [-0.39, 0.29) is 42.5 Å². The van der Waals surface area contributed by atoms with Crippen molar-refractivity contribution in [3.63, 3.8) is 0 Å². The minimum Gasteiger partial charge on any atom is -0.481 e. The Kier molecular flexibility index (Phi) is 6.02. The molecule has 1 saturated carbocycles. The Hall–Kier alpha value is -3.72. The summed E-state index contributed by atoms with van der Waals surface area (Å²) >= 11 is 1.26. The Labute approximate surface area is 200 Å². The third-order valence-electron chi connectivity index (χ3n) is 6.28. The fraction of sp³-hybridized carbons (Fsp3) is 0.280. The number of hydrogen-bond donors (Lipinski definition) is 3. The molecular weight excluding hydrogens is 454 g/mol. The van der Waals surface area contributed by atoms with Crippen LogP contribution < -0.4 is 10.6 Å². The molecule has 1 fully saturated rings. The molecule has 3 N–H and O–H groups in total. The molecule has 2 aliphatic carbocycles. The summed E-state index contributed by atoms with van der Waals surface area (Å²) in [6, 6.07) is 16.3. The molecule has 34 heavy (non-hydrogen) atoms. The molecule has 0 spiro atoms. The van der Waals surface area contributed by atoms with Gasteiger partial charge in [0.05, 0.1) is 12.5 Å². The van der Waals surface area contributed by atoms with Crippen molar-refractivity contribution >= 4 is 29.3 Å². The quantitative estimate of drug-likeness (QED) is 0.456. The summed E-state index contributed by atoms with van der Waals surface area (Å²) in [6.45, 7) is 0.697. The monoisotopic (exact) mass is 477 g/mol. The van der Waals surface area contributed by atoms with E-state index in [9.17, 15) is 14.4 Å². The molecule has 8 nitrogen and oxygen atoms in total. The molecule has 0 radical (unpaired) electrons. The molecule has 9 heteroatoms. The second-order valence-corrected chi connectivity index (χ2v) is 9.40. The molecule has 1 heterocycles. The standard InChI is InChI=1S/C25H23N3O5S/c29-23(26-10-14-9-19(14)24(30)31)21-13-34-22(28-21)11-27-25(32)33-12-20-17-7-3-1-5-15(17)16-6-2-4-8-18(16)20/h1-8,13-14,19-20H,9-12H2,(H,26,29)(H,27,32)(H,30,31)/t14-,19-/m1/s1. The highest BCUT2D eigenvalue weighted by Gasteiger charge is 2.43. The Bertz CT molecular complexity index is 1210. The third kappa shape index (κ3) is 4.51. The predicted molar refractivity (Wildman–Crippen MR) is 126 cm³/mol. The summed E-state index contributed by atoms with van der Waals surface area (Å²) in [7, 11) is 0. The molecule has 0 unspecified atom stereocenters. The van der Waals surface area contributed by atoms with Crippen molar-refractivity contribution in [3.05, 3.63) is 75.7 Å². The Balaban J connectivity index is 1.11. The van der Waals surface area contributed by atoms with Gasteiger partial charge < -0.3 is 20.5 Å². The van der Waals surface area contributed by atoms with Crippen molar-refractivity contribution in [2.75, 3.05) is 13.2 Å².